The van der Waals surface area contributed by atoms with Crippen molar-refractivity contribution in [1.29, 1.82) is 0 Å². The highest BCUT2D eigenvalue weighted by Gasteiger charge is 2.33. The second-order valence-electron chi connectivity index (χ2n) is 9.67. The number of primary amides is 1. The van der Waals surface area contributed by atoms with Gasteiger partial charge in [-0.2, -0.15) is 0 Å². The van der Waals surface area contributed by atoms with Crippen LogP contribution in [0.15, 0.2) is 54.6 Å². The summed E-state index contributed by atoms with van der Waals surface area (Å²) in [5, 5.41) is 26.9. The number of carbonyl (C=O) groups is 5. The van der Waals surface area contributed by atoms with Crippen LogP contribution in [0.5, 0.6) is 5.75 Å². The second-order valence-corrected chi connectivity index (χ2v) is 9.67. The van der Waals surface area contributed by atoms with Gasteiger partial charge in [0.15, 0.2) is 0 Å². The molecular formula is C28H37N5O7. The summed E-state index contributed by atoms with van der Waals surface area (Å²) in [6.07, 6.45) is 0.0798. The van der Waals surface area contributed by atoms with E-state index in [1.54, 1.807) is 49.4 Å². The normalized spacial score (nSPS) is 14.6. The highest BCUT2D eigenvalue weighted by molar-refractivity contribution is 5.95. The largest absolute Gasteiger partial charge is 0.508 e. The van der Waals surface area contributed by atoms with Crippen molar-refractivity contribution in [2.45, 2.75) is 63.7 Å². The van der Waals surface area contributed by atoms with Gasteiger partial charge in [0.05, 0.1) is 12.5 Å². The highest BCUT2D eigenvalue weighted by atomic mass is 16.4. The minimum atomic E-state index is -1.30. The molecule has 5 unspecified atom stereocenters. The Hall–Kier alpha value is -4.45. The van der Waals surface area contributed by atoms with Gasteiger partial charge >= 0.3 is 5.97 Å². The van der Waals surface area contributed by atoms with Gasteiger partial charge in [-0.15, -0.1) is 0 Å². The first-order chi connectivity index (χ1) is 18.9. The van der Waals surface area contributed by atoms with Crippen LogP contribution >= 0.6 is 0 Å². The Kier molecular flexibility index (Phi) is 12.1. The predicted octanol–water partition coefficient (Wildman–Crippen LogP) is -0.0348. The van der Waals surface area contributed by atoms with E-state index < -0.39 is 66.1 Å². The zero-order valence-electron chi connectivity index (χ0n) is 22.5. The molecule has 40 heavy (non-hydrogen) atoms. The zero-order valence-corrected chi connectivity index (χ0v) is 22.5. The average Bonchev–Trinajstić information content (AvgIpc) is 2.91. The van der Waals surface area contributed by atoms with Crippen LogP contribution in [0, 0.1) is 5.92 Å². The van der Waals surface area contributed by atoms with Crippen LogP contribution in [0.25, 0.3) is 0 Å². The molecule has 5 atom stereocenters. The van der Waals surface area contributed by atoms with Gasteiger partial charge in [-0.3, -0.25) is 19.2 Å². The molecule has 4 amide bonds. The number of benzene rings is 2. The first-order valence-corrected chi connectivity index (χ1v) is 12.9. The number of aromatic hydroxyl groups is 1. The van der Waals surface area contributed by atoms with Gasteiger partial charge in [-0.25, -0.2) is 4.79 Å². The molecule has 2 aromatic rings. The predicted molar refractivity (Wildman–Crippen MR) is 147 cm³/mol. The van der Waals surface area contributed by atoms with E-state index in [0.29, 0.717) is 12.0 Å². The number of hydrogen-bond donors (Lipinski definition) is 7. The summed E-state index contributed by atoms with van der Waals surface area (Å²) in [6.45, 7) is 3.54. The summed E-state index contributed by atoms with van der Waals surface area (Å²) in [5.41, 5.74) is 12.2. The summed E-state index contributed by atoms with van der Waals surface area (Å²) in [5.74, 6) is -4.57. The van der Waals surface area contributed by atoms with E-state index in [0.717, 1.165) is 5.56 Å². The maximum absolute atomic E-state index is 13.4. The molecule has 0 spiro atoms. The number of nitrogens with one attached hydrogen (secondary N) is 3. The molecule has 0 fully saturated rings. The third-order valence-electron chi connectivity index (χ3n) is 6.46. The quantitative estimate of drug-likeness (QED) is 0.158. The fourth-order valence-electron chi connectivity index (χ4n) is 3.93. The average molecular weight is 556 g/mol. The highest BCUT2D eigenvalue weighted by Crippen LogP contribution is 2.14. The fraction of sp³-hybridized carbons (Fsp3) is 0.393. The molecule has 0 bridgehead atoms. The lowest BCUT2D eigenvalue weighted by molar-refractivity contribution is -0.142. The molecule has 216 valence electrons. The van der Waals surface area contributed by atoms with Gasteiger partial charge in [0.25, 0.3) is 0 Å². The number of amides is 4. The molecule has 0 heterocycles. The van der Waals surface area contributed by atoms with Crippen molar-refractivity contribution in [2.75, 3.05) is 0 Å². The summed E-state index contributed by atoms with van der Waals surface area (Å²) in [7, 11) is 0. The van der Waals surface area contributed by atoms with Crippen LogP contribution in [0.4, 0.5) is 0 Å². The number of carboxylic acids is 1. The molecule has 2 aromatic carbocycles. The van der Waals surface area contributed by atoms with E-state index in [1.165, 1.54) is 12.1 Å². The molecule has 0 aliphatic rings. The first kappa shape index (κ1) is 31.8. The second kappa shape index (κ2) is 15.2. The van der Waals surface area contributed by atoms with Gasteiger partial charge in [0.1, 0.15) is 23.9 Å². The van der Waals surface area contributed by atoms with Crippen molar-refractivity contribution in [1.82, 2.24) is 16.0 Å². The smallest absolute Gasteiger partial charge is 0.326 e. The number of carbonyl (C=O) groups excluding carboxylic acids is 4. The number of aliphatic carboxylic acids is 1. The number of nitrogens with two attached hydrogens (primary N) is 2. The number of rotatable bonds is 15. The van der Waals surface area contributed by atoms with Crippen LogP contribution in [0.2, 0.25) is 0 Å². The van der Waals surface area contributed by atoms with Crippen LogP contribution in [-0.4, -0.2) is 64.0 Å². The van der Waals surface area contributed by atoms with Crippen LogP contribution < -0.4 is 27.4 Å². The summed E-state index contributed by atoms with van der Waals surface area (Å²) >= 11 is 0. The van der Waals surface area contributed by atoms with Crippen LogP contribution in [-0.2, 0) is 36.8 Å². The molecule has 0 aliphatic heterocycles. The number of hydrogen-bond acceptors (Lipinski definition) is 7. The molecular weight excluding hydrogens is 518 g/mol. The number of phenolic OH excluding ortho intramolecular Hbond substituents is 1. The maximum Gasteiger partial charge on any atom is 0.326 e. The summed E-state index contributed by atoms with van der Waals surface area (Å²) in [4.78, 5) is 62.5. The Morgan fingerprint density at radius 2 is 1.35 bits per heavy atom. The third kappa shape index (κ3) is 10.0. The number of carboxylic acid groups (broad SMARTS) is 1. The third-order valence-corrected chi connectivity index (χ3v) is 6.46. The number of phenols is 1. The monoisotopic (exact) mass is 555 g/mol. The minimum absolute atomic E-state index is 0.0203. The van der Waals surface area contributed by atoms with E-state index in [1.807, 2.05) is 6.92 Å². The van der Waals surface area contributed by atoms with E-state index >= 15 is 0 Å². The van der Waals surface area contributed by atoms with Gasteiger partial charge in [0, 0.05) is 12.8 Å². The Morgan fingerprint density at radius 3 is 1.90 bits per heavy atom. The minimum Gasteiger partial charge on any atom is -0.508 e. The Morgan fingerprint density at radius 1 is 0.800 bits per heavy atom. The molecule has 12 heteroatoms. The van der Waals surface area contributed by atoms with Crippen molar-refractivity contribution in [3.63, 3.8) is 0 Å². The lowest BCUT2D eigenvalue weighted by Gasteiger charge is -2.28. The topological polar surface area (TPSA) is 214 Å². The fourth-order valence-corrected chi connectivity index (χ4v) is 3.93. The Balaban J connectivity index is 2.24. The first-order valence-electron chi connectivity index (χ1n) is 12.9. The maximum atomic E-state index is 13.4. The standard InChI is InChI=1S/C28H37N5O7/c1-3-16(2)24(27(38)32-22(28(39)40)14-18-9-11-19(34)12-10-18)33-26(37)21(13-17-7-5-4-6-8-17)31-25(36)20(29)15-23(30)35/h4-12,16,20-22,24,34H,3,13-15,29H2,1-2H3,(H2,30,35)(H,31,36)(H,32,38)(H,33,37)(H,39,40). The molecule has 12 nitrogen and oxygen atoms in total. The zero-order chi connectivity index (χ0) is 29.8. The molecule has 0 aromatic heterocycles. The van der Waals surface area contributed by atoms with Gasteiger partial charge in [-0.05, 0) is 29.2 Å². The molecule has 0 aliphatic carbocycles. The molecule has 0 saturated carbocycles. The lowest BCUT2D eigenvalue weighted by Crippen LogP contribution is -2.59. The van der Waals surface area contributed by atoms with Crippen molar-refractivity contribution in [3.8, 4) is 5.75 Å². The van der Waals surface area contributed by atoms with E-state index in [2.05, 4.69) is 16.0 Å². The van der Waals surface area contributed by atoms with Gasteiger partial charge < -0.3 is 37.6 Å². The van der Waals surface area contributed by atoms with Crippen LogP contribution in [0.1, 0.15) is 37.8 Å². The lowest BCUT2D eigenvalue weighted by atomic mass is 9.96. The van der Waals surface area contributed by atoms with E-state index in [4.69, 9.17) is 11.5 Å². The Bertz CT molecular complexity index is 1170. The Labute approximate surface area is 232 Å². The van der Waals surface area contributed by atoms with Crippen molar-refractivity contribution in [2.24, 2.45) is 17.4 Å². The van der Waals surface area contributed by atoms with Crippen LogP contribution in [0.3, 0.4) is 0 Å². The molecule has 0 radical (unpaired) electrons. The molecule has 2 rings (SSSR count). The SMILES string of the molecule is CCC(C)C(NC(=O)C(Cc1ccccc1)NC(=O)C(N)CC(N)=O)C(=O)NC(Cc1ccc(O)cc1)C(=O)O. The van der Waals surface area contributed by atoms with Gasteiger partial charge in [0.2, 0.25) is 23.6 Å². The molecule has 0 saturated heterocycles. The van der Waals surface area contributed by atoms with E-state index in [-0.39, 0.29) is 18.6 Å². The molecule has 9 N–H and O–H groups in total. The van der Waals surface area contributed by atoms with Gasteiger partial charge in [-0.1, -0.05) is 62.7 Å². The van der Waals surface area contributed by atoms with Crippen molar-refractivity contribution < 1.29 is 34.2 Å². The summed E-state index contributed by atoms with van der Waals surface area (Å²) in [6, 6.07) is 9.92. The summed E-state index contributed by atoms with van der Waals surface area (Å²) < 4.78 is 0. The van der Waals surface area contributed by atoms with Crippen molar-refractivity contribution >= 4 is 29.6 Å². The van der Waals surface area contributed by atoms with E-state index in [9.17, 15) is 34.2 Å². The van der Waals surface area contributed by atoms with Crippen molar-refractivity contribution in [3.05, 3.63) is 65.7 Å².